The van der Waals surface area contributed by atoms with Gasteiger partial charge in [0.2, 0.25) is 5.91 Å². The van der Waals surface area contributed by atoms with Crippen molar-refractivity contribution in [3.8, 4) is 0 Å². The molecule has 2 N–H and O–H groups in total. The molecule has 1 aliphatic heterocycles. The van der Waals surface area contributed by atoms with Crippen molar-refractivity contribution in [3.05, 3.63) is 35.4 Å². The van der Waals surface area contributed by atoms with Gasteiger partial charge in [0.25, 0.3) is 0 Å². The van der Waals surface area contributed by atoms with Crippen molar-refractivity contribution in [3.63, 3.8) is 0 Å². The van der Waals surface area contributed by atoms with Crippen LogP contribution in [-0.2, 0) is 4.79 Å². The minimum atomic E-state index is 0.0577. The Labute approximate surface area is 176 Å². The summed E-state index contributed by atoms with van der Waals surface area (Å²) in [6.07, 6.45) is 3.08. The van der Waals surface area contributed by atoms with Gasteiger partial charge in [0.1, 0.15) is 0 Å². The first kappa shape index (κ1) is 23.2. The summed E-state index contributed by atoms with van der Waals surface area (Å²) in [4.78, 5) is 21.1. The van der Waals surface area contributed by atoms with Gasteiger partial charge in [-0.15, -0.1) is 0 Å². The van der Waals surface area contributed by atoms with Crippen molar-refractivity contribution in [1.29, 1.82) is 0 Å². The highest BCUT2D eigenvalue weighted by atomic mass is 16.2. The number of carbonyl (C=O) groups is 1. The lowest BCUT2D eigenvalue weighted by Crippen LogP contribution is -2.44. The van der Waals surface area contributed by atoms with Crippen molar-refractivity contribution in [2.75, 3.05) is 46.8 Å². The second-order valence-electron chi connectivity index (χ2n) is 8.24. The van der Waals surface area contributed by atoms with Crippen LogP contribution in [0.1, 0.15) is 50.2 Å². The third-order valence-electron chi connectivity index (χ3n) is 5.52. The van der Waals surface area contributed by atoms with Crippen LogP contribution in [0.3, 0.4) is 0 Å². The van der Waals surface area contributed by atoms with Gasteiger partial charge in [-0.05, 0) is 45.2 Å². The molecule has 162 valence electrons. The van der Waals surface area contributed by atoms with Gasteiger partial charge in [0, 0.05) is 46.2 Å². The normalized spacial score (nSPS) is 18.5. The van der Waals surface area contributed by atoms with Gasteiger partial charge in [-0.3, -0.25) is 14.7 Å². The lowest BCUT2D eigenvalue weighted by atomic mass is 10.0. The van der Waals surface area contributed by atoms with E-state index < -0.39 is 0 Å². The summed E-state index contributed by atoms with van der Waals surface area (Å²) in [7, 11) is 3.69. The van der Waals surface area contributed by atoms with Crippen LogP contribution >= 0.6 is 0 Å². The molecular formula is C23H39N5O. The highest BCUT2D eigenvalue weighted by molar-refractivity contribution is 5.81. The molecule has 6 nitrogen and oxygen atoms in total. The number of likely N-dealkylation sites (tertiary alicyclic amines) is 1. The summed E-state index contributed by atoms with van der Waals surface area (Å²) in [5, 5.41) is 6.78. The first-order chi connectivity index (χ1) is 13.9. The second kappa shape index (κ2) is 11.8. The van der Waals surface area contributed by atoms with Gasteiger partial charge in [-0.1, -0.05) is 36.8 Å². The van der Waals surface area contributed by atoms with Crippen molar-refractivity contribution >= 4 is 11.9 Å². The van der Waals surface area contributed by atoms with Crippen molar-refractivity contribution in [1.82, 2.24) is 20.4 Å². The van der Waals surface area contributed by atoms with Crippen LogP contribution in [-0.4, -0.2) is 74.5 Å². The number of nitrogens with one attached hydrogen (secondary N) is 2. The Bertz CT molecular complexity index is 656. The third-order valence-corrected chi connectivity index (χ3v) is 5.52. The van der Waals surface area contributed by atoms with Crippen LogP contribution < -0.4 is 10.6 Å². The number of benzene rings is 1. The number of amides is 1. The highest BCUT2D eigenvalue weighted by Gasteiger charge is 2.30. The number of hydrogen-bond acceptors (Lipinski definition) is 3. The lowest BCUT2D eigenvalue weighted by Gasteiger charge is -2.26. The van der Waals surface area contributed by atoms with E-state index in [-0.39, 0.29) is 11.9 Å². The van der Waals surface area contributed by atoms with Crippen molar-refractivity contribution < 1.29 is 4.79 Å². The molecule has 0 saturated carbocycles. The number of hydrogen-bond donors (Lipinski definition) is 2. The molecule has 29 heavy (non-hydrogen) atoms. The number of guanidine groups is 1. The molecule has 0 bridgehead atoms. The zero-order chi connectivity index (χ0) is 21.2. The van der Waals surface area contributed by atoms with E-state index in [9.17, 15) is 4.79 Å². The van der Waals surface area contributed by atoms with E-state index in [1.165, 1.54) is 11.1 Å². The highest BCUT2D eigenvalue weighted by Crippen LogP contribution is 2.19. The Morgan fingerprint density at radius 1 is 1.28 bits per heavy atom. The topological polar surface area (TPSA) is 60.0 Å². The SMILES string of the molecule is CCNC(=NCC(C)c1ccc(C)cc1)NCCCN1CCCC1C(=O)N(C)C. The number of rotatable bonds is 9. The fourth-order valence-electron chi connectivity index (χ4n) is 3.73. The maximum Gasteiger partial charge on any atom is 0.239 e. The monoisotopic (exact) mass is 401 g/mol. The number of aryl methyl sites for hydroxylation is 1. The van der Waals surface area contributed by atoms with Gasteiger partial charge in [0.15, 0.2) is 5.96 Å². The molecule has 0 spiro atoms. The van der Waals surface area contributed by atoms with E-state index in [2.05, 4.69) is 60.6 Å². The Balaban J connectivity index is 1.79. The molecule has 1 amide bonds. The summed E-state index contributed by atoms with van der Waals surface area (Å²) in [6.45, 7) is 10.8. The molecule has 0 aliphatic carbocycles. The molecule has 6 heteroatoms. The molecule has 0 aromatic heterocycles. The van der Waals surface area contributed by atoms with E-state index in [4.69, 9.17) is 4.99 Å². The predicted molar refractivity (Wildman–Crippen MR) is 121 cm³/mol. The average Bonchev–Trinajstić information content (AvgIpc) is 3.17. The summed E-state index contributed by atoms with van der Waals surface area (Å²) in [5.74, 6) is 1.48. The van der Waals surface area contributed by atoms with Crippen LogP contribution in [0, 0.1) is 6.92 Å². The second-order valence-corrected chi connectivity index (χ2v) is 8.24. The summed E-state index contributed by atoms with van der Waals surface area (Å²) >= 11 is 0. The quantitative estimate of drug-likeness (QED) is 0.379. The molecule has 1 aromatic carbocycles. The number of aliphatic imine (C=N–C) groups is 1. The summed E-state index contributed by atoms with van der Waals surface area (Å²) < 4.78 is 0. The molecule has 1 heterocycles. The summed E-state index contributed by atoms with van der Waals surface area (Å²) in [5.41, 5.74) is 2.60. The van der Waals surface area contributed by atoms with Gasteiger partial charge in [0.05, 0.1) is 6.04 Å². The van der Waals surface area contributed by atoms with Crippen molar-refractivity contribution in [2.45, 2.75) is 52.0 Å². The standard InChI is InChI=1S/C23H39N5O/c1-6-24-23(26-17-19(3)20-12-10-18(2)11-13-20)25-14-8-16-28-15-7-9-21(28)22(29)27(4)5/h10-13,19,21H,6-9,14-17H2,1-5H3,(H2,24,25,26). The van der Waals surface area contributed by atoms with Gasteiger partial charge in [-0.25, -0.2) is 0 Å². The molecule has 1 aromatic rings. The predicted octanol–water partition coefficient (Wildman–Crippen LogP) is 2.60. The van der Waals surface area contributed by atoms with Gasteiger partial charge < -0.3 is 15.5 Å². The summed E-state index contributed by atoms with van der Waals surface area (Å²) in [6, 6.07) is 8.76. The van der Waals surface area contributed by atoms with E-state index in [0.717, 1.165) is 57.9 Å². The molecular weight excluding hydrogens is 362 g/mol. The molecule has 1 saturated heterocycles. The molecule has 2 rings (SSSR count). The van der Waals surface area contributed by atoms with Crippen LogP contribution in [0.4, 0.5) is 0 Å². The van der Waals surface area contributed by atoms with E-state index in [0.29, 0.717) is 5.92 Å². The lowest BCUT2D eigenvalue weighted by molar-refractivity contribution is -0.133. The van der Waals surface area contributed by atoms with Crippen LogP contribution in [0.5, 0.6) is 0 Å². The minimum absolute atomic E-state index is 0.0577. The fraction of sp³-hybridized carbons (Fsp3) is 0.652. The average molecular weight is 402 g/mol. The van der Waals surface area contributed by atoms with Crippen LogP contribution in [0.2, 0.25) is 0 Å². The maximum atomic E-state index is 12.3. The Hall–Kier alpha value is -2.08. The zero-order valence-corrected chi connectivity index (χ0v) is 18.9. The van der Waals surface area contributed by atoms with Gasteiger partial charge >= 0.3 is 0 Å². The molecule has 1 aliphatic rings. The van der Waals surface area contributed by atoms with Crippen LogP contribution in [0.25, 0.3) is 0 Å². The first-order valence-corrected chi connectivity index (χ1v) is 11.0. The Kier molecular flexibility index (Phi) is 9.45. The van der Waals surface area contributed by atoms with E-state index in [1.807, 2.05) is 14.1 Å². The number of likely N-dealkylation sites (N-methyl/N-ethyl adjacent to an activating group) is 1. The fourth-order valence-corrected chi connectivity index (χ4v) is 3.73. The van der Waals surface area contributed by atoms with E-state index >= 15 is 0 Å². The smallest absolute Gasteiger partial charge is 0.239 e. The molecule has 2 atom stereocenters. The van der Waals surface area contributed by atoms with Gasteiger partial charge in [-0.2, -0.15) is 0 Å². The number of nitrogens with zero attached hydrogens (tertiary/aromatic N) is 3. The Morgan fingerprint density at radius 3 is 2.66 bits per heavy atom. The van der Waals surface area contributed by atoms with Crippen LogP contribution in [0.15, 0.2) is 29.3 Å². The molecule has 1 fully saturated rings. The van der Waals surface area contributed by atoms with Crippen molar-refractivity contribution in [2.24, 2.45) is 4.99 Å². The first-order valence-electron chi connectivity index (χ1n) is 11.0. The third kappa shape index (κ3) is 7.35. The zero-order valence-electron chi connectivity index (χ0n) is 18.9. The Morgan fingerprint density at radius 2 is 2.00 bits per heavy atom. The maximum absolute atomic E-state index is 12.3. The molecule has 0 radical (unpaired) electrons. The minimum Gasteiger partial charge on any atom is -0.357 e. The van der Waals surface area contributed by atoms with E-state index in [1.54, 1.807) is 4.90 Å². The molecule has 2 unspecified atom stereocenters. The largest absolute Gasteiger partial charge is 0.357 e. The number of carbonyl (C=O) groups excluding carboxylic acids is 1.